The first-order valence-electron chi connectivity index (χ1n) is 7.80. The molecule has 0 amide bonds. The van der Waals surface area contributed by atoms with Crippen LogP contribution in [-0.4, -0.2) is 34.0 Å². The molecule has 0 atom stereocenters. The minimum Gasteiger partial charge on any atom is -0.454 e. The van der Waals surface area contributed by atoms with Gasteiger partial charge in [-0.15, -0.1) is 0 Å². The van der Waals surface area contributed by atoms with Crippen molar-refractivity contribution < 1.29 is 13.9 Å². The first kappa shape index (κ1) is 15.5. The summed E-state index contributed by atoms with van der Waals surface area (Å²) < 4.78 is 10.3. The molecule has 7 heteroatoms. The number of carbonyl (C=O) groups is 1. The van der Waals surface area contributed by atoms with Gasteiger partial charge in [-0.25, -0.2) is 19.7 Å². The van der Waals surface area contributed by atoms with Gasteiger partial charge in [-0.1, -0.05) is 0 Å². The zero-order chi connectivity index (χ0) is 16.2. The van der Waals surface area contributed by atoms with Crippen molar-refractivity contribution in [2.45, 2.75) is 39.7 Å². The molecule has 0 bridgehead atoms. The number of hydrogen-bond donors (Lipinski definition) is 0. The average molecular weight is 316 g/mol. The third-order valence-electron chi connectivity index (χ3n) is 3.82. The Morgan fingerprint density at radius 2 is 2.04 bits per heavy atom. The number of nitrogens with zero attached hydrogens (tertiary/aromatic N) is 4. The number of carbonyl (C=O) groups excluding carboxylic acids is 1. The van der Waals surface area contributed by atoms with Crippen LogP contribution >= 0.6 is 0 Å². The molecule has 2 aromatic rings. The van der Waals surface area contributed by atoms with Crippen LogP contribution < -0.4 is 4.90 Å². The van der Waals surface area contributed by atoms with E-state index in [2.05, 4.69) is 19.9 Å². The van der Waals surface area contributed by atoms with Crippen LogP contribution in [0, 0.1) is 13.8 Å². The van der Waals surface area contributed by atoms with E-state index in [0.717, 1.165) is 31.6 Å². The maximum Gasteiger partial charge on any atom is 0.360 e. The molecule has 7 nitrogen and oxygen atoms in total. The summed E-state index contributed by atoms with van der Waals surface area (Å²) in [6, 6.07) is 1.83. The monoisotopic (exact) mass is 316 g/mol. The van der Waals surface area contributed by atoms with Gasteiger partial charge in [-0.2, -0.15) is 0 Å². The number of esters is 1. The van der Waals surface area contributed by atoms with Crippen molar-refractivity contribution in [1.29, 1.82) is 0 Å². The van der Waals surface area contributed by atoms with E-state index >= 15 is 0 Å². The number of rotatable bonds is 4. The lowest BCUT2D eigenvalue weighted by Gasteiger charge is -2.27. The molecule has 3 heterocycles. The van der Waals surface area contributed by atoms with E-state index in [0.29, 0.717) is 17.4 Å². The predicted octanol–water partition coefficient (Wildman–Crippen LogP) is 2.43. The number of aryl methyl sites for hydroxylation is 2. The molecule has 0 saturated carbocycles. The minimum absolute atomic E-state index is 0.0926. The van der Waals surface area contributed by atoms with E-state index in [1.807, 2.05) is 13.0 Å². The van der Waals surface area contributed by atoms with Gasteiger partial charge in [0.05, 0.1) is 5.69 Å². The Hall–Kier alpha value is -2.44. The Morgan fingerprint density at radius 1 is 1.26 bits per heavy atom. The average Bonchev–Trinajstić information content (AvgIpc) is 2.99. The summed E-state index contributed by atoms with van der Waals surface area (Å²) in [5.74, 6) is 0.656. The smallest absolute Gasteiger partial charge is 0.360 e. The molecule has 1 fully saturated rings. The largest absolute Gasteiger partial charge is 0.454 e. The van der Waals surface area contributed by atoms with Gasteiger partial charge in [-0.05, 0) is 39.2 Å². The zero-order valence-electron chi connectivity index (χ0n) is 13.4. The summed E-state index contributed by atoms with van der Waals surface area (Å²) in [7, 11) is 0. The second-order valence-corrected chi connectivity index (χ2v) is 5.68. The van der Waals surface area contributed by atoms with Crippen LogP contribution in [0.25, 0.3) is 0 Å². The molecule has 2 aromatic heterocycles. The standard InChI is InChI=1S/C16H20N4O3/c1-11-8-13(9-22-15(21)14-12(2)23-10-17-14)19-16(18-11)20-6-4-3-5-7-20/h8,10H,3-7,9H2,1-2H3. The fourth-order valence-electron chi connectivity index (χ4n) is 2.64. The van der Waals surface area contributed by atoms with Gasteiger partial charge >= 0.3 is 5.97 Å². The zero-order valence-corrected chi connectivity index (χ0v) is 13.4. The molecule has 0 aliphatic carbocycles. The Kier molecular flexibility index (Phi) is 4.55. The second kappa shape index (κ2) is 6.76. The lowest BCUT2D eigenvalue weighted by molar-refractivity contribution is 0.0459. The third-order valence-corrected chi connectivity index (χ3v) is 3.82. The molecule has 23 heavy (non-hydrogen) atoms. The first-order valence-corrected chi connectivity index (χ1v) is 7.80. The van der Waals surface area contributed by atoms with Gasteiger partial charge in [0, 0.05) is 18.8 Å². The van der Waals surface area contributed by atoms with Gasteiger partial charge in [0.25, 0.3) is 0 Å². The van der Waals surface area contributed by atoms with Crippen LogP contribution in [0.1, 0.15) is 46.9 Å². The van der Waals surface area contributed by atoms with E-state index in [4.69, 9.17) is 9.15 Å². The number of anilines is 1. The summed E-state index contributed by atoms with van der Waals surface area (Å²) in [6.07, 6.45) is 4.80. The summed E-state index contributed by atoms with van der Waals surface area (Å²) in [6.45, 7) is 5.63. The number of oxazole rings is 1. The highest BCUT2D eigenvalue weighted by Crippen LogP contribution is 2.17. The summed E-state index contributed by atoms with van der Waals surface area (Å²) in [4.78, 5) is 27.0. The van der Waals surface area contributed by atoms with Crippen molar-refractivity contribution in [2.75, 3.05) is 18.0 Å². The van der Waals surface area contributed by atoms with Crippen LogP contribution in [-0.2, 0) is 11.3 Å². The molecular formula is C16H20N4O3. The third kappa shape index (κ3) is 3.67. The maximum atomic E-state index is 12.0. The molecule has 3 rings (SSSR count). The van der Waals surface area contributed by atoms with Crippen molar-refractivity contribution in [3.63, 3.8) is 0 Å². The number of hydrogen-bond acceptors (Lipinski definition) is 7. The highest BCUT2D eigenvalue weighted by molar-refractivity contribution is 5.88. The van der Waals surface area contributed by atoms with Crippen molar-refractivity contribution >= 4 is 11.9 Å². The summed E-state index contributed by atoms with van der Waals surface area (Å²) in [5.41, 5.74) is 1.75. The highest BCUT2D eigenvalue weighted by Gasteiger charge is 2.17. The topological polar surface area (TPSA) is 81.3 Å². The highest BCUT2D eigenvalue weighted by atomic mass is 16.5. The SMILES string of the molecule is Cc1cc(COC(=O)c2ncoc2C)nc(N2CCCCC2)n1. The van der Waals surface area contributed by atoms with Gasteiger partial charge in [0.1, 0.15) is 12.4 Å². The van der Waals surface area contributed by atoms with E-state index in [9.17, 15) is 4.79 Å². The molecule has 1 aliphatic rings. The fourth-order valence-corrected chi connectivity index (χ4v) is 2.64. The van der Waals surface area contributed by atoms with Crippen LogP contribution in [0.4, 0.5) is 5.95 Å². The normalized spacial score (nSPS) is 14.8. The number of piperidine rings is 1. The van der Waals surface area contributed by atoms with E-state index < -0.39 is 5.97 Å². The number of ether oxygens (including phenoxy) is 1. The first-order chi connectivity index (χ1) is 11.1. The van der Waals surface area contributed by atoms with Crippen LogP contribution in [0.3, 0.4) is 0 Å². The van der Waals surface area contributed by atoms with Gasteiger partial charge in [0.15, 0.2) is 12.1 Å². The number of aromatic nitrogens is 3. The van der Waals surface area contributed by atoms with E-state index in [-0.39, 0.29) is 12.3 Å². The lowest BCUT2D eigenvalue weighted by Crippen LogP contribution is -2.31. The Morgan fingerprint density at radius 3 is 2.74 bits per heavy atom. The van der Waals surface area contributed by atoms with E-state index in [1.54, 1.807) is 6.92 Å². The predicted molar refractivity (Wildman–Crippen MR) is 83.2 cm³/mol. The van der Waals surface area contributed by atoms with Crippen LogP contribution in [0.5, 0.6) is 0 Å². The molecule has 122 valence electrons. The summed E-state index contributed by atoms with van der Waals surface area (Å²) in [5, 5.41) is 0. The van der Waals surface area contributed by atoms with Gasteiger partial charge < -0.3 is 14.1 Å². The Balaban J connectivity index is 1.69. The lowest BCUT2D eigenvalue weighted by atomic mass is 10.1. The van der Waals surface area contributed by atoms with Crippen molar-refractivity contribution in [3.05, 3.63) is 35.3 Å². The Labute approximate surface area is 134 Å². The molecule has 0 spiro atoms. The minimum atomic E-state index is -0.507. The molecule has 1 aliphatic heterocycles. The maximum absolute atomic E-state index is 12.0. The molecule has 0 radical (unpaired) electrons. The molecule has 0 unspecified atom stereocenters. The van der Waals surface area contributed by atoms with Gasteiger partial charge in [0.2, 0.25) is 5.95 Å². The summed E-state index contributed by atoms with van der Waals surface area (Å²) >= 11 is 0. The second-order valence-electron chi connectivity index (χ2n) is 5.68. The van der Waals surface area contributed by atoms with E-state index in [1.165, 1.54) is 12.8 Å². The van der Waals surface area contributed by atoms with Crippen molar-refractivity contribution in [1.82, 2.24) is 15.0 Å². The van der Waals surface area contributed by atoms with Gasteiger partial charge in [-0.3, -0.25) is 0 Å². The van der Waals surface area contributed by atoms with Crippen molar-refractivity contribution in [3.8, 4) is 0 Å². The fraction of sp³-hybridized carbons (Fsp3) is 0.500. The quantitative estimate of drug-likeness (QED) is 0.801. The molecule has 0 N–H and O–H groups in total. The Bertz CT molecular complexity index is 692. The van der Waals surface area contributed by atoms with Crippen LogP contribution in [0.15, 0.2) is 16.9 Å². The molecular weight excluding hydrogens is 296 g/mol. The van der Waals surface area contributed by atoms with Crippen LogP contribution in [0.2, 0.25) is 0 Å². The molecule has 0 aromatic carbocycles. The van der Waals surface area contributed by atoms with Crippen molar-refractivity contribution in [2.24, 2.45) is 0 Å². The molecule has 1 saturated heterocycles.